The summed E-state index contributed by atoms with van der Waals surface area (Å²) in [5.41, 5.74) is 0.471. The Morgan fingerprint density at radius 1 is 1.69 bits per heavy atom. The minimum atomic E-state index is -0.0611. The van der Waals surface area contributed by atoms with Gasteiger partial charge in [-0.05, 0) is 6.42 Å². The molecule has 1 aromatic rings. The normalized spacial score (nSPS) is 10.3. The Kier molecular flexibility index (Phi) is 3.64. The SMILES string of the molecule is CCCOCC(=O)c1cn(C)cn1. The van der Waals surface area contributed by atoms with E-state index in [1.165, 1.54) is 0 Å². The van der Waals surface area contributed by atoms with E-state index in [0.29, 0.717) is 12.3 Å². The predicted octanol–water partition coefficient (Wildman–Crippen LogP) is 1.03. The molecule has 1 heterocycles. The first-order valence-electron chi connectivity index (χ1n) is 4.33. The van der Waals surface area contributed by atoms with Crippen molar-refractivity contribution in [3.05, 3.63) is 18.2 Å². The van der Waals surface area contributed by atoms with Gasteiger partial charge in [0.15, 0.2) is 0 Å². The summed E-state index contributed by atoms with van der Waals surface area (Å²) in [5, 5.41) is 0. The summed E-state index contributed by atoms with van der Waals surface area (Å²) in [7, 11) is 1.83. The van der Waals surface area contributed by atoms with Gasteiger partial charge < -0.3 is 9.30 Å². The van der Waals surface area contributed by atoms with Crippen molar-refractivity contribution in [3.8, 4) is 0 Å². The smallest absolute Gasteiger partial charge is 0.208 e. The van der Waals surface area contributed by atoms with Crippen LogP contribution in [-0.4, -0.2) is 28.5 Å². The first-order valence-corrected chi connectivity index (χ1v) is 4.33. The zero-order chi connectivity index (χ0) is 9.68. The summed E-state index contributed by atoms with van der Waals surface area (Å²) in [5.74, 6) is -0.0611. The molecule has 0 radical (unpaired) electrons. The number of nitrogens with zero attached hydrogens (tertiary/aromatic N) is 2. The van der Waals surface area contributed by atoms with Crippen LogP contribution in [0.4, 0.5) is 0 Å². The van der Waals surface area contributed by atoms with Gasteiger partial charge in [0.1, 0.15) is 12.3 Å². The van der Waals surface area contributed by atoms with E-state index < -0.39 is 0 Å². The molecule has 4 nitrogen and oxygen atoms in total. The van der Waals surface area contributed by atoms with Crippen LogP contribution in [0.1, 0.15) is 23.8 Å². The standard InChI is InChI=1S/C9H14N2O2/c1-3-4-13-6-9(12)8-5-11(2)7-10-8/h5,7H,3-4,6H2,1-2H3. The van der Waals surface area contributed by atoms with E-state index in [9.17, 15) is 4.79 Å². The number of hydrogen-bond acceptors (Lipinski definition) is 3. The van der Waals surface area contributed by atoms with Crippen molar-refractivity contribution in [1.82, 2.24) is 9.55 Å². The molecule has 13 heavy (non-hydrogen) atoms. The monoisotopic (exact) mass is 182 g/mol. The van der Waals surface area contributed by atoms with Gasteiger partial charge in [-0.2, -0.15) is 0 Å². The van der Waals surface area contributed by atoms with E-state index in [1.807, 2.05) is 14.0 Å². The van der Waals surface area contributed by atoms with E-state index in [1.54, 1.807) is 17.1 Å². The molecule has 0 atom stereocenters. The molecule has 0 aliphatic heterocycles. The highest BCUT2D eigenvalue weighted by Gasteiger charge is 2.07. The average Bonchev–Trinajstić information content (AvgIpc) is 2.52. The van der Waals surface area contributed by atoms with Crippen LogP contribution in [0.3, 0.4) is 0 Å². The van der Waals surface area contributed by atoms with E-state index in [2.05, 4.69) is 4.98 Å². The minimum absolute atomic E-state index is 0.0611. The summed E-state index contributed by atoms with van der Waals surface area (Å²) in [6.45, 7) is 2.76. The van der Waals surface area contributed by atoms with Crippen molar-refractivity contribution in [3.63, 3.8) is 0 Å². The Hall–Kier alpha value is -1.16. The van der Waals surface area contributed by atoms with E-state index in [-0.39, 0.29) is 12.4 Å². The Balaban J connectivity index is 2.40. The first kappa shape index (κ1) is 9.92. The van der Waals surface area contributed by atoms with Gasteiger partial charge in [-0.25, -0.2) is 4.98 Å². The molecule has 0 saturated carbocycles. The number of ether oxygens (including phenoxy) is 1. The molecule has 0 amide bonds. The molecule has 0 bridgehead atoms. The quantitative estimate of drug-likeness (QED) is 0.504. The van der Waals surface area contributed by atoms with Crippen LogP contribution in [0.2, 0.25) is 0 Å². The van der Waals surface area contributed by atoms with Gasteiger partial charge in [0, 0.05) is 19.9 Å². The lowest BCUT2D eigenvalue weighted by atomic mass is 10.3. The molecule has 0 N–H and O–H groups in total. The fraction of sp³-hybridized carbons (Fsp3) is 0.556. The van der Waals surface area contributed by atoms with Crippen LogP contribution < -0.4 is 0 Å². The van der Waals surface area contributed by atoms with Gasteiger partial charge in [0.2, 0.25) is 5.78 Å². The third-order valence-corrected chi connectivity index (χ3v) is 1.57. The lowest BCUT2D eigenvalue weighted by molar-refractivity contribution is 0.0757. The van der Waals surface area contributed by atoms with Gasteiger partial charge in [-0.15, -0.1) is 0 Å². The number of hydrogen-bond donors (Lipinski definition) is 0. The maximum atomic E-state index is 11.3. The van der Waals surface area contributed by atoms with Crippen molar-refractivity contribution in [2.45, 2.75) is 13.3 Å². The fourth-order valence-corrected chi connectivity index (χ4v) is 0.940. The van der Waals surface area contributed by atoms with E-state index >= 15 is 0 Å². The molecule has 0 spiro atoms. The van der Waals surface area contributed by atoms with Crippen LogP contribution >= 0.6 is 0 Å². The van der Waals surface area contributed by atoms with Gasteiger partial charge in [-0.3, -0.25) is 4.79 Å². The lowest BCUT2D eigenvalue weighted by Crippen LogP contribution is -2.09. The highest BCUT2D eigenvalue weighted by atomic mass is 16.5. The average molecular weight is 182 g/mol. The summed E-state index contributed by atoms with van der Waals surface area (Å²) in [6, 6.07) is 0. The number of imidazole rings is 1. The van der Waals surface area contributed by atoms with Crippen LogP contribution in [0, 0.1) is 0 Å². The van der Waals surface area contributed by atoms with Crippen molar-refractivity contribution in [2.75, 3.05) is 13.2 Å². The molecule has 4 heteroatoms. The minimum Gasteiger partial charge on any atom is -0.373 e. The molecule has 0 aliphatic rings. The summed E-state index contributed by atoms with van der Waals surface area (Å²) in [4.78, 5) is 15.3. The second-order valence-electron chi connectivity index (χ2n) is 2.90. The number of rotatable bonds is 5. The topological polar surface area (TPSA) is 44.1 Å². The molecule has 0 aromatic carbocycles. The maximum absolute atomic E-state index is 11.3. The second-order valence-corrected chi connectivity index (χ2v) is 2.90. The number of aromatic nitrogens is 2. The molecule has 0 unspecified atom stereocenters. The van der Waals surface area contributed by atoms with Gasteiger partial charge in [0.05, 0.1) is 6.33 Å². The van der Waals surface area contributed by atoms with Crippen molar-refractivity contribution < 1.29 is 9.53 Å². The van der Waals surface area contributed by atoms with Gasteiger partial charge >= 0.3 is 0 Å². The molecule has 1 aromatic heterocycles. The Labute approximate surface area is 77.5 Å². The molecular formula is C9H14N2O2. The van der Waals surface area contributed by atoms with E-state index in [4.69, 9.17) is 4.74 Å². The maximum Gasteiger partial charge on any atom is 0.208 e. The predicted molar refractivity (Wildman–Crippen MR) is 48.6 cm³/mol. The van der Waals surface area contributed by atoms with Crippen molar-refractivity contribution >= 4 is 5.78 Å². The molecule has 0 fully saturated rings. The summed E-state index contributed by atoms with van der Waals surface area (Å²) >= 11 is 0. The number of aryl methyl sites for hydroxylation is 1. The molecule has 0 aliphatic carbocycles. The van der Waals surface area contributed by atoms with Crippen LogP contribution in [-0.2, 0) is 11.8 Å². The first-order chi connectivity index (χ1) is 6.24. The lowest BCUT2D eigenvalue weighted by Gasteiger charge is -1.98. The molecule has 1 rings (SSSR count). The summed E-state index contributed by atoms with van der Waals surface area (Å²) < 4.78 is 6.85. The molecular weight excluding hydrogens is 168 g/mol. The fourth-order valence-electron chi connectivity index (χ4n) is 0.940. The third kappa shape index (κ3) is 2.99. The second kappa shape index (κ2) is 4.77. The number of Topliss-reactive ketones (excluding diaryl/α,β-unsaturated/α-hetero) is 1. The highest BCUT2D eigenvalue weighted by molar-refractivity contribution is 5.95. The Bertz CT molecular complexity index is 281. The number of ketones is 1. The number of carbonyl (C=O) groups is 1. The Morgan fingerprint density at radius 2 is 2.46 bits per heavy atom. The Morgan fingerprint density at radius 3 is 3.00 bits per heavy atom. The summed E-state index contributed by atoms with van der Waals surface area (Å²) in [6.07, 6.45) is 4.22. The highest BCUT2D eigenvalue weighted by Crippen LogP contribution is 1.96. The van der Waals surface area contributed by atoms with Crippen molar-refractivity contribution in [2.24, 2.45) is 7.05 Å². The van der Waals surface area contributed by atoms with Gasteiger partial charge in [-0.1, -0.05) is 6.92 Å². The van der Waals surface area contributed by atoms with Crippen LogP contribution in [0.25, 0.3) is 0 Å². The molecule has 0 saturated heterocycles. The zero-order valence-corrected chi connectivity index (χ0v) is 7.99. The zero-order valence-electron chi connectivity index (χ0n) is 7.99. The van der Waals surface area contributed by atoms with E-state index in [0.717, 1.165) is 6.42 Å². The van der Waals surface area contributed by atoms with Crippen LogP contribution in [0.5, 0.6) is 0 Å². The van der Waals surface area contributed by atoms with Gasteiger partial charge in [0.25, 0.3) is 0 Å². The number of carbonyl (C=O) groups excluding carboxylic acids is 1. The largest absolute Gasteiger partial charge is 0.373 e. The third-order valence-electron chi connectivity index (χ3n) is 1.57. The van der Waals surface area contributed by atoms with Crippen molar-refractivity contribution in [1.29, 1.82) is 0 Å². The van der Waals surface area contributed by atoms with Crippen LogP contribution in [0.15, 0.2) is 12.5 Å². The molecule has 72 valence electrons.